The first-order chi connectivity index (χ1) is 8.79. The van der Waals surface area contributed by atoms with Gasteiger partial charge in [0.15, 0.2) is 0 Å². The molecule has 2 heteroatoms. The molecule has 0 bridgehead atoms. The molecule has 18 heavy (non-hydrogen) atoms. The molecule has 1 saturated carbocycles. The standard InChI is InChI=1S/C16H25NO/c1-2-13-6-5-8-15(12-13)18-11-10-14-7-3-4-9-16(14)17/h3-4,7,9,13,15H,2,5-6,8,10-12,17H2,1H3. The summed E-state index contributed by atoms with van der Waals surface area (Å²) in [4.78, 5) is 0. The van der Waals surface area contributed by atoms with Crippen LogP contribution in [0.5, 0.6) is 0 Å². The number of hydrogen-bond donors (Lipinski definition) is 1. The topological polar surface area (TPSA) is 35.2 Å². The summed E-state index contributed by atoms with van der Waals surface area (Å²) in [7, 11) is 0. The van der Waals surface area contributed by atoms with Gasteiger partial charge < -0.3 is 10.5 Å². The second kappa shape index (κ2) is 6.79. The first kappa shape index (κ1) is 13.4. The van der Waals surface area contributed by atoms with E-state index in [9.17, 15) is 0 Å². The lowest BCUT2D eigenvalue weighted by Gasteiger charge is -2.28. The fourth-order valence-electron chi connectivity index (χ4n) is 2.86. The summed E-state index contributed by atoms with van der Waals surface area (Å²) in [6.45, 7) is 3.09. The van der Waals surface area contributed by atoms with E-state index in [1.165, 1.54) is 37.7 Å². The molecule has 2 N–H and O–H groups in total. The molecule has 2 nitrogen and oxygen atoms in total. The molecule has 1 fully saturated rings. The predicted octanol–water partition coefficient (Wildman–Crippen LogP) is 3.80. The number of hydrogen-bond acceptors (Lipinski definition) is 2. The summed E-state index contributed by atoms with van der Waals surface area (Å²) in [5.74, 6) is 0.880. The maximum atomic E-state index is 6.02. The monoisotopic (exact) mass is 247 g/mol. The minimum Gasteiger partial charge on any atom is -0.399 e. The van der Waals surface area contributed by atoms with Gasteiger partial charge in [0.1, 0.15) is 0 Å². The van der Waals surface area contributed by atoms with Gasteiger partial charge in [0.25, 0.3) is 0 Å². The summed E-state index contributed by atoms with van der Waals surface area (Å²) < 4.78 is 6.02. The van der Waals surface area contributed by atoms with Gasteiger partial charge in [-0.3, -0.25) is 0 Å². The molecule has 2 rings (SSSR count). The highest BCUT2D eigenvalue weighted by Crippen LogP contribution is 2.28. The van der Waals surface area contributed by atoms with Crippen LogP contribution in [0.25, 0.3) is 0 Å². The lowest BCUT2D eigenvalue weighted by molar-refractivity contribution is 0.0142. The second-order valence-electron chi connectivity index (χ2n) is 5.38. The van der Waals surface area contributed by atoms with Gasteiger partial charge >= 0.3 is 0 Å². The Hall–Kier alpha value is -1.02. The normalized spacial score (nSPS) is 24.1. The van der Waals surface area contributed by atoms with Gasteiger partial charge in [0.2, 0.25) is 0 Å². The molecule has 2 unspecified atom stereocenters. The summed E-state index contributed by atoms with van der Waals surface area (Å²) in [5.41, 5.74) is 8.02. The quantitative estimate of drug-likeness (QED) is 0.803. The Balaban J connectivity index is 1.73. The zero-order valence-electron chi connectivity index (χ0n) is 11.4. The van der Waals surface area contributed by atoms with E-state index in [0.717, 1.165) is 24.6 Å². The third-order valence-corrected chi connectivity index (χ3v) is 4.09. The van der Waals surface area contributed by atoms with E-state index >= 15 is 0 Å². The highest BCUT2D eigenvalue weighted by atomic mass is 16.5. The molecule has 0 spiro atoms. The van der Waals surface area contributed by atoms with Crippen molar-refractivity contribution in [1.82, 2.24) is 0 Å². The largest absolute Gasteiger partial charge is 0.399 e. The average Bonchev–Trinajstić information content (AvgIpc) is 2.41. The molecule has 0 radical (unpaired) electrons. The average molecular weight is 247 g/mol. The smallest absolute Gasteiger partial charge is 0.0578 e. The van der Waals surface area contributed by atoms with E-state index in [0.29, 0.717) is 6.10 Å². The molecule has 0 aliphatic heterocycles. The molecular formula is C16H25NO. The Morgan fingerprint density at radius 1 is 1.28 bits per heavy atom. The highest BCUT2D eigenvalue weighted by molar-refractivity contribution is 5.46. The Bertz CT molecular complexity index is 364. The minimum atomic E-state index is 0.480. The fraction of sp³-hybridized carbons (Fsp3) is 0.625. The van der Waals surface area contributed by atoms with Crippen LogP contribution < -0.4 is 5.73 Å². The fourth-order valence-corrected chi connectivity index (χ4v) is 2.86. The molecule has 100 valence electrons. The maximum absolute atomic E-state index is 6.02. The van der Waals surface area contributed by atoms with Crippen molar-refractivity contribution >= 4 is 5.69 Å². The third kappa shape index (κ3) is 3.74. The predicted molar refractivity (Wildman–Crippen MR) is 76.5 cm³/mol. The van der Waals surface area contributed by atoms with E-state index in [2.05, 4.69) is 13.0 Å². The number of ether oxygens (including phenoxy) is 1. The van der Waals surface area contributed by atoms with Crippen molar-refractivity contribution in [3.05, 3.63) is 29.8 Å². The molecule has 1 aromatic carbocycles. The van der Waals surface area contributed by atoms with Crippen molar-refractivity contribution in [1.29, 1.82) is 0 Å². The maximum Gasteiger partial charge on any atom is 0.0578 e. The first-order valence-electron chi connectivity index (χ1n) is 7.24. The van der Waals surface area contributed by atoms with Gasteiger partial charge in [-0.15, -0.1) is 0 Å². The molecule has 1 aromatic rings. The molecule has 0 heterocycles. The highest BCUT2D eigenvalue weighted by Gasteiger charge is 2.20. The molecule has 1 aliphatic rings. The van der Waals surface area contributed by atoms with Crippen LogP contribution in [-0.4, -0.2) is 12.7 Å². The minimum absolute atomic E-state index is 0.480. The van der Waals surface area contributed by atoms with Crippen LogP contribution in [0, 0.1) is 5.92 Å². The van der Waals surface area contributed by atoms with E-state index in [1.54, 1.807) is 0 Å². The van der Waals surface area contributed by atoms with Gasteiger partial charge in [0, 0.05) is 5.69 Å². The van der Waals surface area contributed by atoms with E-state index in [-0.39, 0.29) is 0 Å². The third-order valence-electron chi connectivity index (χ3n) is 4.09. The molecule has 2 atom stereocenters. The lowest BCUT2D eigenvalue weighted by atomic mass is 9.85. The number of anilines is 1. The van der Waals surface area contributed by atoms with Crippen LogP contribution in [0.1, 0.15) is 44.6 Å². The van der Waals surface area contributed by atoms with Crippen LogP contribution in [-0.2, 0) is 11.2 Å². The van der Waals surface area contributed by atoms with E-state index in [4.69, 9.17) is 10.5 Å². The van der Waals surface area contributed by atoms with Crippen molar-refractivity contribution in [3.8, 4) is 0 Å². The molecule has 1 aliphatic carbocycles. The van der Waals surface area contributed by atoms with Crippen LogP contribution in [0.3, 0.4) is 0 Å². The summed E-state index contributed by atoms with van der Waals surface area (Å²) in [5, 5.41) is 0. The Labute approximate surface area is 111 Å². The van der Waals surface area contributed by atoms with E-state index in [1.807, 2.05) is 18.2 Å². The number of nitrogen functional groups attached to an aromatic ring is 1. The summed E-state index contributed by atoms with van der Waals surface area (Å²) in [6, 6.07) is 8.07. The van der Waals surface area contributed by atoms with Crippen LogP contribution in [0.15, 0.2) is 24.3 Å². The lowest BCUT2D eigenvalue weighted by Crippen LogP contribution is -2.23. The second-order valence-corrected chi connectivity index (χ2v) is 5.38. The Morgan fingerprint density at radius 2 is 2.11 bits per heavy atom. The SMILES string of the molecule is CCC1CCCC(OCCc2ccccc2N)C1. The first-order valence-corrected chi connectivity index (χ1v) is 7.24. The van der Waals surface area contributed by atoms with Crippen LogP contribution >= 0.6 is 0 Å². The van der Waals surface area contributed by atoms with Crippen molar-refractivity contribution < 1.29 is 4.74 Å². The van der Waals surface area contributed by atoms with E-state index < -0.39 is 0 Å². The molecule has 0 amide bonds. The number of rotatable bonds is 5. The van der Waals surface area contributed by atoms with Crippen molar-refractivity contribution in [2.45, 2.75) is 51.6 Å². The van der Waals surface area contributed by atoms with Gasteiger partial charge in [0.05, 0.1) is 12.7 Å². The van der Waals surface area contributed by atoms with Crippen LogP contribution in [0.4, 0.5) is 5.69 Å². The van der Waals surface area contributed by atoms with Crippen molar-refractivity contribution in [2.24, 2.45) is 5.92 Å². The zero-order valence-corrected chi connectivity index (χ0v) is 11.4. The van der Waals surface area contributed by atoms with Gasteiger partial charge in [-0.05, 0) is 36.8 Å². The number of nitrogens with two attached hydrogens (primary N) is 1. The summed E-state index contributed by atoms with van der Waals surface area (Å²) in [6.07, 6.45) is 7.92. The van der Waals surface area contributed by atoms with Crippen molar-refractivity contribution in [3.63, 3.8) is 0 Å². The zero-order chi connectivity index (χ0) is 12.8. The molecule has 0 aromatic heterocycles. The summed E-state index contributed by atoms with van der Waals surface area (Å²) >= 11 is 0. The van der Waals surface area contributed by atoms with Crippen molar-refractivity contribution in [2.75, 3.05) is 12.3 Å². The number of para-hydroxylation sites is 1. The Kier molecular flexibility index (Phi) is 5.06. The number of benzene rings is 1. The van der Waals surface area contributed by atoms with Gasteiger partial charge in [-0.25, -0.2) is 0 Å². The molecular weight excluding hydrogens is 222 g/mol. The van der Waals surface area contributed by atoms with Crippen LogP contribution in [0.2, 0.25) is 0 Å². The van der Waals surface area contributed by atoms with Gasteiger partial charge in [-0.1, -0.05) is 44.4 Å². The Morgan fingerprint density at radius 3 is 2.89 bits per heavy atom. The van der Waals surface area contributed by atoms with Gasteiger partial charge in [-0.2, -0.15) is 0 Å². The molecule has 0 saturated heterocycles.